The van der Waals surface area contributed by atoms with Crippen molar-refractivity contribution in [3.8, 4) is 11.8 Å². The number of nitrogens with one attached hydrogen (secondary N) is 1. The summed E-state index contributed by atoms with van der Waals surface area (Å²) < 4.78 is 0. The molecule has 1 atom stereocenters. The minimum absolute atomic E-state index is 0.175. The third kappa shape index (κ3) is 3.12. The summed E-state index contributed by atoms with van der Waals surface area (Å²) in [5, 5.41) is 20.3. The van der Waals surface area contributed by atoms with Gasteiger partial charge in [0.05, 0.1) is 11.0 Å². The monoisotopic (exact) mass is 391 g/mol. The maximum atomic E-state index is 12.8. The number of hydrogen-bond donors (Lipinski definition) is 2. The number of H-pyrrole nitrogens is 1. The maximum Gasteiger partial charge on any atom is 0.260 e. The minimum Gasteiger partial charge on any atom is -0.507 e. The van der Waals surface area contributed by atoms with Crippen molar-refractivity contribution >= 4 is 33.2 Å². The van der Waals surface area contributed by atoms with Crippen LogP contribution >= 0.6 is 11.3 Å². The molecule has 1 aliphatic carbocycles. The van der Waals surface area contributed by atoms with Crippen LogP contribution < -0.4 is 5.56 Å². The largest absolute Gasteiger partial charge is 0.507 e. The van der Waals surface area contributed by atoms with E-state index in [4.69, 9.17) is 0 Å². The molecule has 5 nitrogen and oxygen atoms in total. The molecule has 0 radical (unpaired) electrons. The van der Waals surface area contributed by atoms with Crippen LogP contribution in [0.3, 0.4) is 0 Å². The normalized spacial score (nSPS) is 16.8. The molecule has 2 aromatic heterocycles. The number of aromatic nitrogens is 2. The third-order valence-electron chi connectivity index (χ3n) is 5.37. The van der Waals surface area contributed by atoms with E-state index in [1.165, 1.54) is 4.88 Å². The van der Waals surface area contributed by atoms with E-state index in [2.05, 4.69) is 23.0 Å². The fourth-order valence-corrected chi connectivity index (χ4v) is 5.25. The molecule has 0 saturated heterocycles. The Labute approximate surface area is 167 Å². The molecular formula is C22H21N3O2S. The molecule has 0 saturated carbocycles. The lowest BCUT2D eigenvalue weighted by molar-refractivity contribution is 0.467. The van der Waals surface area contributed by atoms with Gasteiger partial charge in [-0.2, -0.15) is 5.26 Å². The summed E-state index contributed by atoms with van der Waals surface area (Å²) in [5.41, 5.74) is 3.51. The van der Waals surface area contributed by atoms with Gasteiger partial charge < -0.3 is 10.1 Å². The number of hydrogen-bond acceptors (Lipinski definition) is 5. The van der Waals surface area contributed by atoms with Crippen LogP contribution in [0.25, 0.3) is 21.9 Å². The number of allylic oxidation sites excluding steroid dienone is 1. The highest BCUT2D eigenvalue weighted by Gasteiger charge is 2.23. The zero-order chi connectivity index (χ0) is 20.0. The molecule has 2 N–H and O–H groups in total. The summed E-state index contributed by atoms with van der Waals surface area (Å²) in [6.45, 7) is 5.86. The van der Waals surface area contributed by atoms with Gasteiger partial charge in [0, 0.05) is 4.88 Å². The molecule has 0 fully saturated rings. The number of nitrogens with zero attached hydrogens (tertiary/aromatic N) is 2. The van der Waals surface area contributed by atoms with Gasteiger partial charge in [0.2, 0.25) is 0 Å². The lowest BCUT2D eigenvalue weighted by atomic mass is 9.89. The van der Waals surface area contributed by atoms with Crippen molar-refractivity contribution in [1.29, 1.82) is 5.26 Å². The first-order valence-corrected chi connectivity index (χ1v) is 10.2. The van der Waals surface area contributed by atoms with Crippen LogP contribution in [0.15, 0.2) is 16.9 Å². The Morgan fingerprint density at radius 2 is 2.11 bits per heavy atom. The first-order chi connectivity index (χ1) is 13.4. The van der Waals surface area contributed by atoms with Gasteiger partial charge in [-0.3, -0.25) is 4.79 Å². The molecular weight excluding hydrogens is 370 g/mol. The van der Waals surface area contributed by atoms with Crippen molar-refractivity contribution < 1.29 is 5.11 Å². The Hall–Kier alpha value is -2.91. The maximum absolute atomic E-state index is 12.8. The molecule has 0 spiro atoms. The van der Waals surface area contributed by atoms with Gasteiger partial charge in [0.25, 0.3) is 5.56 Å². The van der Waals surface area contributed by atoms with Crippen LogP contribution in [0.2, 0.25) is 0 Å². The van der Waals surface area contributed by atoms with Gasteiger partial charge in [-0.1, -0.05) is 6.92 Å². The number of aromatic amines is 1. The third-order valence-corrected chi connectivity index (χ3v) is 6.51. The predicted molar refractivity (Wildman–Crippen MR) is 112 cm³/mol. The van der Waals surface area contributed by atoms with Crippen molar-refractivity contribution in [1.82, 2.24) is 9.97 Å². The van der Waals surface area contributed by atoms with E-state index in [-0.39, 0.29) is 17.1 Å². The number of aryl methyl sites for hydroxylation is 3. The highest BCUT2D eigenvalue weighted by Crippen LogP contribution is 2.36. The zero-order valence-corrected chi connectivity index (χ0v) is 16.9. The molecule has 0 bridgehead atoms. The van der Waals surface area contributed by atoms with E-state index in [0.29, 0.717) is 21.7 Å². The van der Waals surface area contributed by atoms with E-state index < -0.39 is 0 Å². The van der Waals surface area contributed by atoms with Crippen LogP contribution in [-0.2, 0) is 12.8 Å². The topological polar surface area (TPSA) is 89.8 Å². The Bertz CT molecular complexity index is 1200. The number of phenolic OH excluding ortho intramolecular Hbond substituents is 1. The van der Waals surface area contributed by atoms with Crippen LogP contribution in [0.1, 0.15) is 46.3 Å². The molecule has 4 rings (SSSR count). The molecule has 0 aliphatic heterocycles. The van der Waals surface area contributed by atoms with Crippen molar-refractivity contribution in [3.63, 3.8) is 0 Å². The average molecular weight is 391 g/mol. The van der Waals surface area contributed by atoms with E-state index >= 15 is 0 Å². The molecule has 2 heterocycles. The second kappa shape index (κ2) is 6.92. The molecule has 1 aliphatic rings. The average Bonchev–Trinajstić information content (AvgIpc) is 3.01. The number of thiophene rings is 1. The Morgan fingerprint density at radius 3 is 2.79 bits per heavy atom. The highest BCUT2D eigenvalue weighted by molar-refractivity contribution is 7.18. The van der Waals surface area contributed by atoms with Gasteiger partial charge in [-0.25, -0.2) is 4.98 Å². The van der Waals surface area contributed by atoms with Crippen molar-refractivity contribution in [3.05, 3.63) is 55.4 Å². The van der Waals surface area contributed by atoms with E-state index in [1.807, 2.05) is 26.0 Å². The lowest BCUT2D eigenvalue weighted by Crippen LogP contribution is -2.14. The van der Waals surface area contributed by atoms with Crippen molar-refractivity contribution in [2.45, 2.75) is 40.0 Å². The number of aromatic hydroxyl groups is 1. The fourth-order valence-electron chi connectivity index (χ4n) is 3.87. The summed E-state index contributed by atoms with van der Waals surface area (Å²) >= 11 is 1.57. The number of phenols is 1. The van der Waals surface area contributed by atoms with Crippen LogP contribution in [0, 0.1) is 31.1 Å². The van der Waals surface area contributed by atoms with Gasteiger partial charge >= 0.3 is 0 Å². The second-order valence-electron chi connectivity index (χ2n) is 7.62. The number of rotatable bonds is 2. The molecule has 0 unspecified atom stereocenters. The molecule has 28 heavy (non-hydrogen) atoms. The number of benzene rings is 1. The van der Waals surface area contributed by atoms with Gasteiger partial charge in [0.1, 0.15) is 16.6 Å². The summed E-state index contributed by atoms with van der Waals surface area (Å²) in [4.78, 5) is 22.2. The number of fused-ring (bicyclic) bond motifs is 3. The first kappa shape index (κ1) is 18.5. The highest BCUT2D eigenvalue weighted by atomic mass is 32.1. The van der Waals surface area contributed by atoms with Crippen molar-refractivity contribution in [2.75, 3.05) is 0 Å². The summed E-state index contributed by atoms with van der Waals surface area (Å²) in [6.07, 6.45) is 4.67. The number of nitriles is 1. The van der Waals surface area contributed by atoms with Crippen LogP contribution in [0.4, 0.5) is 0 Å². The van der Waals surface area contributed by atoms with Crippen LogP contribution in [0.5, 0.6) is 5.75 Å². The van der Waals surface area contributed by atoms with Gasteiger partial charge in [0.15, 0.2) is 5.82 Å². The molecule has 142 valence electrons. The fraction of sp³-hybridized carbons (Fsp3) is 0.318. The van der Waals surface area contributed by atoms with Crippen LogP contribution in [-0.4, -0.2) is 15.1 Å². The van der Waals surface area contributed by atoms with E-state index in [0.717, 1.165) is 41.5 Å². The van der Waals surface area contributed by atoms with Gasteiger partial charge in [-0.15, -0.1) is 11.3 Å². The Kier molecular flexibility index (Phi) is 4.56. The van der Waals surface area contributed by atoms with Crippen molar-refractivity contribution in [2.24, 2.45) is 5.92 Å². The molecule has 3 aromatic rings. The lowest BCUT2D eigenvalue weighted by Gasteiger charge is -2.17. The SMILES string of the molecule is Cc1cc(/C=C(/C#N)c2nc3sc4c(c3c(=O)[nH]2)CC[C@@H](C)C4)cc(C)c1O. The Morgan fingerprint density at radius 1 is 1.39 bits per heavy atom. The van der Waals surface area contributed by atoms with E-state index in [9.17, 15) is 15.2 Å². The molecule has 0 amide bonds. The second-order valence-corrected chi connectivity index (χ2v) is 8.70. The Balaban J connectivity index is 1.84. The van der Waals surface area contributed by atoms with E-state index in [1.54, 1.807) is 17.4 Å². The molecule has 6 heteroatoms. The first-order valence-electron chi connectivity index (χ1n) is 9.34. The molecule has 1 aromatic carbocycles. The standard InChI is InChI=1S/C22H21N3O2S/c1-11-4-5-16-17(6-11)28-22-18(16)21(27)24-20(25-22)15(10-23)9-14-7-12(2)19(26)13(3)8-14/h7-9,11,26H,4-6H2,1-3H3,(H,24,25,27)/b15-9-/t11-/m1/s1. The quantitative estimate of drug-likeness (QED) is 0.630. The predicted octanol–water partition coefficient (Wildman–Crippen LogP) is 4.50. The summed E-state index contributed by atoms with van der Waals surface area (Å²) in [6, 6.07) is 5.77. The van der Waals surface area contributed by atoms with Gasteiger partial charge in [-0.05, 0) is 79.5 Å². The zero-order valence-electron chi connectivity index (χ0n) is 16.1. The summed E-state index contributed by atoms with van der Waals surface area (Å²) in [5.74, 6) is 1.16. The summed E-state index contributed by atoms with van der Waals surface area (Å²) in [7, 11) is 0. The minimum atomic E-state index is -0.175. The smallest absolute Gasteiger partial charge is 0.260 e.